The zero-order valence-corrected chi connectivity index (χ0v) is 12.1. The molecule has 0 aliphatic heterocycles. The molecule has 0 aliphatic carbocycles. The molecule has 0 radical (unpaired) electrons. The average molecular weight is 301 g/mol. The van der Waals surface area contributed by atoms with E-state index >= 15 is 0 Å². The summed E-state index contributed by atoms with van der Waals surface area (Å²) < 4.78 is 42.8. The zero-order valence-electron chi connectivity index (χ0n) is 12.1. The summed E-state index contributed by atoms with van der Waals surface area (Å²) in [6.07, 6.45) is 0.408. The Bertz CT molecular complexity index is 525. The number of hydrogen-bond donors (Lipinski definition) is 1. The molecule has 0 saturated heterocycles. The summed E-state index contributed by atoms with van der Waals surface area (Å²) >= 11 is 0. The second-order valence-corrected chi connectivity index (χ2v) is 4.66. The van der Waals surface area contributed by atoms with E-state index in [-0.39, 0.29) is 11.3 Å². The van der Waals surface area contributed by atoms with Crippen LogP contribution in [-0.2, 0) is 4.79 Å². The molecule has 1 amide bonds. The molecule has 0 heterocycles. The number of para-hydroxylation sites is 1. The van der Waals surface area contributed by atoms with Crippen LogP contribution in [-0.4, -0.2) is 12.5 Å². The number of hydrogen-bond acceptors (Lipinski definition) is 2. The molecule has 1 N–H and O–H groups in total. The Balaban J connectivity index is 3.01. The van der Waals surface area contributed by atoms with Gasteiger partial charge in [0.05, 0.1) is 6.04 Å². The summed E-state index contributed by atoms with van der Waals surface area (Å²) in [6.45, 7) is 1.74. The van der Waals surface area contributed by atoms with Gasteiger partial charge in [0.25, 0.3) is 5.91 Å². The van der Waals surface area contributed by atoms with Gasteiger partial charge < -0.3 is 10.1 Å². The van der Waals surface area contributed by atoms with Gasteiger partial charge >= 0.3 is 6.61 Å². The van der Waals surface area contributed by atoms with E-state index in [2.05, 4.69) is 10.1 Å². The molecular formula is C15H18F3NO2. The predicted molar refractivity (Wildman–Crippen MR) is 73.7 cm³/mol. The first kappa shape index (κ1) is 17.1. The maximum Gasteiger partial charge on any atom is 0.387 e. The lowest BCUT2D eigenvalue weighted by Crippen LogP contribution is -2.29. The normalized spacial score (nSPS) is 12.0. The number of carbonyl (C=O) groups is 1. The van der Waals surface area contributed by atoms with Gasteiger partial charge in [-0.3, -0.25) is 4.79 Å². The quantitative estimate of drug-likeness (QED) is 0.803. The van der Waals surface area contributed by atoms with Crippen molar-refractivity contribution in [2.45, 2.75) is 39.8 Å². The topological polar surface area (TPSA) is 38.3 Å². The molecule has 0 saturated carbocycles. The standard InChI is InChI=1S/C15H18F3NO2/c1-4-11(19-14(20)13(16)9(2)3)10-7-5-6-8-12(10)21-15(17)18/h5-8,11,15H,4H2,1-3H3,(H,19,20)/t11-/m0/s1. The van der Waals surface area contributed by atoms with E-state index in [0.29, 0.717) is 12.0 Å². The molecule has 1 aromatic carbocycles. The van der Waals surface area contributed by atoms with Crippen molar-refractivity contribution in [2.75, 3.05) is 0 Å². The third-order valence-corrected chi connectivity index (χ3v) is 2.86. The number of allylic oxidation sites excluding steroid dienone is 1. The average Bonchev–Trinajstić information content (AvgIpc) is 2.43. The minimum Gasteiger partial charge on any atom is -0.434 e. The maximum absolute atomic E-state index is 13.6. The molecule has 0 spiro atoms. The SMILES string of the molecule is CC[C@H](NC(=O)C(F)=C(C)C)c1ccccc1OC(F)F. The first-order valence-electron chi connectivity index (χ1n) is 6.54. The number of carbonyl (C=O) groups excluding carboxylic acids is 1. The zero-order chi connectivity index (χ0) is 16.0. The van der Waals surface area contributed by atoms with Crippen LogP contribution in [0.4, 0.5) is 13.2 Å². The maximum atomic E-state index is 13.6. The summed E-state index contributed by atoms with van der Waals surface area (Å²) in [5.41, 5.74) is 0.634. The van der Waals surface area contributed by atoms with Gasteiger partial charge in [-0.1, -0.05) is 25.1 Å². The molecular weight excluding hydrogens is 283 g/mol. The van der Waals surface area contributed by atoms with Gasteiger partial charge in [0, 0.05) is 5.56 Å². The lowest BCUT2D eigenvalue weighted by Gasteiger charge is -2.20. The van der Waals surface area contributed by atoms with Crippen LogP contribution in [0.15, 0.2) is 35.7 Å². The number of alkyl halides is 2. The van der Waals surface area contributed by atoms with Crippen molar-refractivity contribution in [1.29, 1.82) is 0 Å². The smallest absolute Gasteiger partial charge is 0.387 e. The van der Waals surface area contributed by atoms with Crippen LogP contribution in [0.5, 0.6) is 5.75 Å². The largest absolute Gasteiger partial charge is 0.434 e. The van der Waals surface area contributed by atoms with Crippen molar-refractivity contribution < 1.29 is 22.7 Å². The lowest BCUT2D eigenvalue weighted by molar-refractivity contribution is -0.119. The lowest BCUT2D eigenvalue weighted by atomic mass is 10.0. The first-order valence-corrected chi connectivity index (χ1v) is 6.54. The highest BCUT2D eigenvalue weighted by Gasteiger charge is 2.20. The number of ether oxygens (including phenoxy) is 1. The fourth-order valence-electron chi connectivity index (χ4n) is 1.82. The Hall–Kier alpha value is -1.98. The van der Waals surface area contributed by atoms with Crippen molar-refractivity contribution >= 4 is 5.91 Å². The van der Waals surface area contributed by atoms with Crippen LogP contribution in [0.2, 0.25) is 0 Å². The molecule has 0 aliphatic rings. The van der Waals surface area contributed by atoms with Crippen molar-refractivity contribution in [3.05, 3.63) is 41.2 Å². The van der Waals surface area contributed by atoms with Crippen LogP contribution < -0.4 is 10.1 Å². The monoisotopic (exact) mass is 301 g/mol. The highest BCUT2D eigenvalue weighted by atomic mass is 19.3. The molecule has 0 unspecified atom stereocenters. The molecule has 0 bridgehead atoms. The van der Waals surface area contributed by atoms with Gasteiger partial charge in [0.1, 0.15) is 5.75 Å². The summed E-state index contributed by atoms with van der Waals surface area (Å²) in [5.74, 6) is -1.77. The van der Waals surface area contributed by atoms with E-state index in [4.69, 9.17) is 0 Å². The summed E-state index contributed by atoms with van der Waals surface area (Å²) in [4.78, 5) is 11.7. The Morgan fingerprint density at radius 1 is 1.29 bits per heavy atom. The highest BCUT2D eigenvalue weighted by Crippen LogP contribution is 2.28. The molecule has 1 aromatic rings. The van der Waals surface area contributed by atoms with E-state index in [9.17, 15) is 18.0 Å². The second-order valence-electron chi connectivity index (χ2n) is 4.66. The molecule has 3 nitrogen and oxygen atoms in total. The molecule has 21 heavy (non-hydrogen) atoms. The molecule has 6 heteroatoms. The molecule has 1 atom stereocenters. The van der Waals surface area contributed by atoms with Gasteiger partial charge in [-0.25, -0.2) is 4.39 Å². The van der Waals surface area contributed by atoms with Gasteiger partial charge in [-0.15, -0.1) is 0 Å². The summed E-state index contributed by atoms with van der Waals surface area (Å²) in [7, 11) is 0. The van der Waals surface area contributed by atoms with Gasteiger partial charge in [-0.05, 0) is 31.9 Å². The van der Waals surface area contributed by atoms with Crippen LogP contribution in [0.3, 0.4) is 0 Å². The van der Waals surface area contributed by atoms with E-state index in [1.165, 1.54) is 19.9 Å². The van der Waals surface area contributed by atoms with Crippen molar-refractivity contribution in [1.82, 2.24) is 5.32 Å². The number of halogens is 3. The number of rotatable bonds is 6. The van der Waals surface area contributed by atoms with Crippen molar-refractivity contribution in [2.24, 2.45) is 0 Å². The van der Waals surface area contributed by atoms with Crippen LogP contribution in [0.1, 0.15) is 38.8 Å². The third-order valence-electron chi connectivity index (χ3n) is 2.86. The number of nitrogens with one attached hydrogen (secondary N) is 1. The van der Waals surface area contributed by atoms with Crippen LogP contribution in [0, 0.1) is 0 Å². The molecule has 0 aromatic heterocycles. The van der Waals surface area contributed by atoms with Crippen LogP contribution in [0.25, 0.3) is 0 Å². The third kappa shape index (κ3) is 4.81. The Morgan fingerprint density at radius 3 is 2.43 bits per heavy atom. The second kappa shape index (κ2) is 7.71. The van der Waals surface area contributed by atoms with E-state index in [1.807, 2.05) is 0 Å². The fraction of sp³-hybridized carbons (Fsp3) is 0.400. The fourth-order valence-corrected chi connectivity index (χ4v) is 1.82. The Morgan fingerprint density at radius 2 is 1.90 bits per heavy atom. The summed E-state index contributed by atoms with van der Waals surface area (Å²) in [5, 5.41) is 2.48. The molecule has 1 rings (SSSR count). The molecule has 0 fully saturated rings. The minimum atomic E-state index is -2.96. The Kier molecular flexibility index (Phi) is 6.27. The predicted octanol–water partition coefficient (Wildman–Crippen LogP) is 4.12. The highest BCUT2D eigenvalue weighted by molar-refractivity contribution is 5.92. The van der Waals surface area contributed by atoms with Crippen molar-refractivity contribution in [3.63, 3.8) is 0 Å². The van der Waals surface area contributed by atoms with Gasteiger partial charge in [0.15, 0.2) is 5.83 Å². The molecule has 116 valence electrons. The van der Waals surface area contributed by atoms with E-state index < -0.39 is 24.4 Å². The Labute approximate surface area is 121 Å². The number of amides is 1. The van der Waals surface area contributed by atoms with E-state index in [1.54, 1.807) is 25.1 Å². The van der Waals surface area contributed by atoms with Gasteiger partial charge in [0.2, 0.25) is 0 Å². The van der Waals surface area contributed by atoms with Gasteiger partial charge in [-0.2, -0.15) is 8.78 Å². The van der Waals surface area contributed by atoms with Crippen LogP contribution >= 0.6 is 0 Å². The van der Waals surface area contributed by atoms with Crippen molar-refractivity contribution in [3.8, 4) is 5.75 Å². The first-order chi connectivity index (χ1) is 9.86. The summed E-state index contributed by atoms with van der Waals surface area (Å²) in [6, 6.07) is 5.52. The minimum absolute atomic E-state index is 0.0303. The van der Waals surface area contributed by atoms with E-state index in [0.717, 1.165) is 0 Å². The number of benzene rings is 1.